The van der Waals surface area contributed by atoms with Crippen LogP contribution in [0.25, 0.3) is 5.57 Å². The number of hydrogen-bond acceptors (Lipinski definition) is 4. The van der Waals surface area contributed by atoms with Crippen LogP contribution in [0.4, 0.5) is 5.69 Å². The van der Waals surface area contributed by atoms with Crippen molar-refractivity contribution in [1.82, 2.24) is 4.90 Å². The van der Waals surface area contributed by atoms with Crippen LogP contribution in [-0.2, 0) is 9.59 Å². The molecule has 0 atom stereocenters. The molecule has 0 N–H and O–H groups in total. The van der Waals surface area contributed by atoms with Gasteiger partial charge >= 0.3 is 0 Å². The Morgan fingerprint density at radius 1 is 1.23 bits per heavy atom. The predicted molar refractivity (Wildman–Crippen MR) is 93.5 cm³/mol. The minimum atomic E-state index is -0.217. The van der Waals surface area contributed by atoms with Crippen LogP contribution in [0.5, 0.6) is 0 Å². The second kappa shape index (κ2) is 5.70. The number of nitrogens with zero attached hydrogens (tertiary/aromatic N) is 2. The van der Waals surface area contributed by atoms with E-state index in [1.807, 2.05) is 31.2 Å². The zero-order valence-corrected chi connectivity index (χ0v) is 13.7. The molecule has 2 aliphatic heterocycles. The zero-order valence-electron chi connectivity index (χ0n) is 12.0. The van der Waals surface area contributed by atoms with Crippen LogP contribution in [0.1, 0.15) is 12.5 Å². The van der Waals surface area contributed by atoms with Gasteiger partial charge in [0, 0.05) is 18.7 Å². The molecule has 0 spiro atoms. The fourth-order valence-electron chi connectivity index (χ4n) is 2.65. The standard InChI is InChI=1S/C16H14N2O2S2/c1-3-9-18-15(20)13(22-16(18)21)12-10-7-5-6-8-11(10)17(4-2)14(12)19/h3,5-8H,1,4,9H2,2H3/b13-12-. The highest BCUT2D eigenvalue weighted by molar-refractivity contribution is 8.26. The number of carbonyl (C=O) groups excluding carboxylic acids is 2. The van der Waals surface area contributed by atoms with E-state index >= 15 is 0 Å². The molecular formula is C16H14N2O2S2. The van der Waals surface area contributed by atoms with E-state index in [4.69, 9.17) is 12.2 Å². The summed E-state index contributed by atoms with van der Waals surface area (Å²) >= 11 is 6.44. The summed E-state index contributed by atoms with van der Waals surface area (Å²) in [6.45, 7) is 6.47. The first-order valence-corrected chi connectivity index (χ1v) is 8.12. The van der Waals surface area contributed by atoms with Crippen molar-refractivity contribution >= 4 is 51.4 Å². The molecular weight excluding hydrogens is 316 g/mol. The zero-order chi connectivity index (χ0) is 15.9. The highest BCUT2D eigenvalue weighted by Crippen LogP contribution is 2.44. The minimum absolute atomic E-state index is 0.136. The van der Waals surface area contributed by atoms with E-state index < -0.39 is 0 Å². The van der Waals surface area contributed by atoms with E-state index in [1.165, 1.54) is 16.7 Å². The van der Waals surface area contributed by atoms with Crippen molar-refractivity contribution < 1.29 is 9.59 Å². The van der Waals surface area contributed by atoms with Crippen LogP contribution < -0.4 is 4.90 Å². The third-order valence-electron chi connectivity index (χ3n) is 3.63. The van der Waals surface area contributed by atoms with Crippen LogP contribution in [-0.4, -0.2) is 34.1 Å². The van der Waals surface area contributed by atoms with Crippen molar-refractivity contribution in [3.05, 3.63) is 47.4 Å². The van der Waals surface area contributed by atoms with Crippen molar-refractivity contribution in [2.24, 2.45) is 0 Å². The quantitative estimate of drug-likeness (QED) is 0.485. The van der Waals surface area contributed by atoms with Gasteiger partial charge in [-0.25, -0.2) is 0 Å². The van der Waals surface area contributed by atoms with Gasteiger partial charge in [-0.3, -0.25) is 14.5 Å². The van der Waals surface area contributed by atoms with Crippen LogP contribution in [0.3, 0.4) is 0 Å². The summed E-state index contributed by atoms with van der Waals surface area (Å²) in [7, 11) is 0. The molecule has 0 radical (unpaired) electrons. The molecule has 3 rings (SSSR count). The molecule has 0 saturated carbocycles. The molecule has 112 valence electrons. The van der Waals surface area contributed by atoms with Gasteiger partial charge in [0.15, 0.2) is 0 Å². The van der Waals surface area contributed by atoms with Crippen molar-refractivity contribution in [3.63, 3.8) is 0 Å². The highest BCUT2D eigenvalue weighted by atomic mass is 32.2. The van der Waals surface area contributed by atoms with Gasteiger partial charge in [0.2, 0.25) is 0 Å². The summed E-state index contributed by atoms with van der Waals surface area (Å²) in [5.41, 5.74) is 2.11. The van der Waals surface area contributed by atoms with Gasteiger partial charge in [0.25, 0.3) is 11.8 Å². The third kappa shape index (κ3) is 2.10. The van der Waals surface area contributed by atoms with E-state index in [-0.39, 0.29) is 11.8 Å². The van der Waals surface area contributed by atoms with Gasteiger partial charge in [-0.1, -0.05) is 48.3 Å². The Labute approximate surface area is 138 Å². The Morgan fingerprint density at radius 3 is 2.64 bits per heavy atom. The summed E-state index contributed by atoms with van der Waals surface area (Å²) < 4.78 is 0.465. The van der Waals surface area contributed by atoms with E-state index in [9.17, 15) is 9.59 Å². The van der Waals surface area contributed by atoms with E-state index in [0.29, 0.717) is 27.9 Å². The number of anilines is 1. The van der Waals surface area contributed by atoms with Crippen LogP contribution in [0.2, 0.25) is 0 Å². The van der Waals surface area contributed by atoms with Gasteiger partial charge in [-0.2, -0.15) is 0 Å². The van der Waals surface area contributed by atoms with Gasteiger partial charge in [0.05, 0.1) is 16.2 Å². The number of hydrogen-bond donors (Lipinski definition) is 0. The molecule has 0 bridgehead atoms. The number of thiocarbonyl (C=S) groups is 1. The number of fused-ring (bicyclic) bond motifs is 1. The molecule has 0 unspecified atom stereocenters. The smallest absolute Gasteiger partial charge is 0.267 e. The first-order valence-electron chi connectivity index (χ1n) is 6.90. The van der Waals surface area contributed by atoms with Gasteiger partial charge < -0.3 is 4.90 Å². The Hall–Kier alpha value is -1.92. The number of likely N-dealkylation sites (N-methyl/N-ethyl adjacent to an activating group) is 1. The summed E-state index contributed by atoms with van der Waals surface area (Å²) in [5, 5.41) is 0. The fourth-order valence-corrected chi connectivity index (χ4v) is 4.00. The monoisotopic (exact) mass is 330 g/mol. The largest absolute Gasteiger partial charge is 0.308 e. The number of amides is 2. The predicted octanol–water partition coefficient (Wildman–Crippen LogP) is 2.81. The molecule has 22 heavy (non-hydrogen) atoms. The summed E-state index contributed by atoms with van der Waals surface area (Å²) in [6, 6.07) is 7.53. The van der Waals surface area contributed by atoms with Crippen molar-refractivity contribution in [2.45, 2.75) is 6.92 Å². The maximum absolute atomic E-state index is 12.7. The van der Waals surface area contributed by atoms with Gasteiger partial charge in [0.1, 0.15) is 4.32 Å². The Morgan fingerprint density at radius 2 is 1.95 bits per heavy atom. The van der Waals surface area contributed by atoms with E-state index in [0.717, 1.165) is 11.3 Å². The summed E-state index contributed by atoms with van der Waals surface area (Å²) in [5.74, 6) is -0.353. The number of para-hydroxylation sites is 1. The Bertz CT molecular complexity index is 739. The maximum Gasteiger partial charge on any atom is 0.267 e. The molecule has 2 aliphatic rings. The lowest BCUT2D eigenvalue weighted by Gasteiger charge is -2.13. The number of rotatable bonds is 3. The minimum Gasteiger partial charge on any atom is -0.308 e. The van der Waals surface area contributed by atoms with Crippen LogP contribution in [0.15, 0.2) is 41.8 Å². The van der Waals surface area contributed by atoms with Gasteiger partial charge in [-0.15, -0.1) is 6.58 Å². The Balaban J connectivity index is 2.16. The first-order chi connectivity index (χ1) is 10.6. The molecule has 2 heterocycles. The molecule has 0 aromatic heterocycles. The van der Waals surface area contributed by atoms with E-state index in [2.05, 4.69) is 6.58 Å². The highest BCUT2D eigenvalue weighted by Gasteiger charge is 2.41. The molecule has 0 aliphatic carbocycles. The van der Waals surface area contributed by atoms with Crippen LogP contribution in [0, 0.1) is 0 Å². The molecule has 1 aromatic carbocycles. The second-order valence-corrected chi connectivity index (χ2v) is 6.49. The topological polar surface area (TPSA) is 40.6 Å². The number of carbonyl (C=O) groups is 2. The van der Waals surface area contributed by atoms with Crippen molar-refractivity contribution in [1.29, 1.82) is 0 Å². The first kappa shape index (κ1) is 15.0. The lowest BCUT2D eigenvalue weighted by Crippen LogP contribution is -2.29. The lowest BCUT2D eigenvalue weighted by molar-refractivity contribution is -0.122. The molecule has 6 heteroatoms. The average Bonchev–Trinajstić information content (AvgIpc) is 2.95. The lowest BCUT2D eigenvalue weighted by atomic mass is 10.1. The average molecular weight is 330 g/mol. The third-order valence-corrected chi connectivity index (χ3v) is 5.08. The molecule has 1 saturated heterocycles. The Kier molecular flexibility index (Phi) is 3.88. The summed E-state index contributed by atoms with van der Waals surface area (Å²) in [4.78, 5) is 28.9. The van der Waals surface area contributed by atoms with Gasteiger partial charge in [-0.05, 0) is 13.0 Å². The molecule has 1 fully saturated rings. The maximum atomic E-state index is 12.7. The SMILES string of the molecule is C=CCN1C(=O)/C(=C2/C(=O)N(CC)c3ccccc32)SC1=S. The summed E-state index contributed by atoms with van der Waals surface area (Å²) in [6.07, 6.45) is 1.63. The fraction of sp³-hybridized carbons (Fsp3) is 0.188. The van der Waals surface area contributed by atoms with Crippen molar-refractivity contribution in [3.8, 4) is 0 Å². The van der Waals surface area contributed by atoms with E-state index in [1.54, 1.807) is 11.0 Å². The molecule has 4 nitrogen and oxygen atoms in total. The molecule has 2 amide bonds. The molecule has 1 aromatic rings. The van der Waals surface area contributed by atoms with Crippen molar-refractivity contribution in [2.75, 3.05) is 18.0 Å². The second-order valence-electron chi connectivity index (χ2n) is 4.84. The number of benzene rings is 1. The normalized spacial score (nSPS) is 20.9. The van der Waals surface area contributed by atoms with Crippen LogP contribution >= 0.6 is 24.0 Å². The number of thioether (sulfide) groups is 1.